The number of rotatable bonds is 5. The predicted molar refractivity (Wildman–Crippen MR) is 87.9 cm³/mol. The number of nitrogens with zero attached hydrogens (tertiary/aromatic N) is 2. The van der Waals surface area contributed by atoms with Gasteiger partial charge in [-0.25, -0.2) is 0 Å². The lowest BCUT2D eigenvalue weighted by molar-refractivity contribution is -0.384. The molecular weight excluding hydrogens is 314 g/mol. The lowest BCUT2D eigenvalue weighted by atomic mass is 9.96. The molecule has 0 aliphatic carbocycles. The fraction of sp³-hybridized carbons (Fsp3) is 0.500. The van der Waals surface area contributed by atoms with Crippen LogP contribution in [0.2, 0.25) is 0 Å². The molecule has 0 unspecified atom stereocenters. The normalized spacial score (nSPS) is 15.0. The number of anilines is 1. The molecule has 0 aromatic heterocycles. The number of nitrogens with one attached hydrogen (secondary N) is 1. The Kier molecular flexibility index (Phi) is 5.73. The van der Waals surface area contributed by atoms with E-state index in [0.29, 0.717) is 38.2 Å². The number of hydrogen-bond donors (Lipinski definition) is 1. The van der Waals surface area contributed by atoms with Crippen molar-refractivity contribution in [2.24, 2.45) is 5.92 Å². The summed E-state index contributed by atoms with van der Waals surface area (Å²) in [7, 11) is 1.66. The van der Waals surface area contributed by atoms with Crippen LogP contribution in [0.15, 0.2) is 18.2 Å². The van der Waals surface area contributed by atoms with Crippen LogP contribution in [-0.2, 0) is 9.53 Å². The summed E-state index contributed by atoms with van der Waals surface area (Å²) in [6.45, 7) is 2.96. The second kappa shape index (κ2) is 7.76. The molecule has 1 aromatic carbocycles. The van der Waals surface area contributed by atoms with Crippen molar-refractivity contribution in [3.8, 4) is 0 Å². The number of carbonyl (C=O) groups is 2. The molecule has 8 heteroatoms. The van der Waals surface area contributed by atoms with Gasteiger partial charge in [-0.1, -0.05) is 0 Å². The number of hydrogen-bond acceptors (Lipinski definition) is 6. The second-order valence-electron chi connectivity index (χ2n) is 5.56. The smallest absolute Gasteiger partial charge is 0.309 e. The molecule has 1 fully saturated rings. The average molecular weight is 335 g/mol. The lowest BCUT2D eigenvalue weighted by Gasteiger charge is -2.31. The molecule has 1 amide bonds. The molecule has 1 aromatic rings. The van der Waals surface area contributed by atoms with Crippen LogP contribution >= 0.6 is 0 Å². The highest BCUT2D eigenvalue weighted by Gasteiger charge is 2.30. The summed E-state index contributed by atoms with van der Waals surface area (Å²) in [6, 6.07) is 4.16. The van der Waals surface area contributed by atoms with Crippen molar-refractivity contribution < 1.29 is 19.2 Å². The van der Waals surface area contributed by atoms with Gasteiger partial charge in [0, 0.05) is 38.0 Å². The number of esters is 1. The first-order chi connectivity index (χ1) is 11.5. The maximum Gasteiger partial charge on any atom is 0.309 e. The minimum absolute atomic E-state index is 0.126. The van der Waals surface area contributed by atoms with Crippen LogP contribution in [0.25, 0.3) is 0 Å². The monoisotopic (exact) mass is 335 g/mol. The molecule has 0 spiro atoms. The molecule has 0 saturated carbocycles. The Bertz CT molecular complexity index is 639. The van der Waals surface area contributed by atoms with E-state index < -0.39 is 4.92 Å². The Morgan fingerprint density at radius 1 is 1.38 bits per heavy atom. The van der Waals surface area contributed by atoms with Gasteiger partial charge in [0.2, 0.25) is 0 Å². The third-order valence-electron chi connectivity index (χ3n) is 4.12. The van der Waals surface area contributed by atoms with E-state index in [4.69, 9.17) is 4.74 Å². The molecule has 8 nitrogen and oxygen atoms in total. The zero-order valence-electron chi connectivity index (χ0n) is 13.8. The largest absolute Gasteiger partial charge is 0.466 e. The van der Waals surface area contributed by atoms with Crippen molar-refractivity contribution in [1.82, 2.24) is 4.90 Å². The number of benzene rings is 1. The molecule has 1 aliphatic rings. The van der Waals surface area contributed by atoms with Gasteiger partial charge in [-0.05, 0) is 25.8 Å². The SMILES string of the molecule is CCOC(=O)C1CCN(C(=O)c2cc([N+](=O)[O-])ccc2NC)CC1. The second-order valence-corrected chi connectivity index (χ2v) is 5.56. The number of piperidine rings is 1. The van der Waals surface area contributed by atoms with Gasteiger partial charge < -0.3 is 15.0 Å². The van der Waals surface area contributed by atoms with Gasteiger partial charge in [-0.3, -0.25) is 19.7 Å². The predicted octanol–water partition coefficient (Wildman–Crippen LogP) is 2.05. The van der Waals surface area contributed by atoms with Crippen LogP contribution in [0.4, 0.5) is 11.4 Å². The number of carbonyl (C=O) groups excluding carboxylic acids is 2. The van der Waals surface area contributed by atoms with Crippen LogP contribution in [0.5, 0.6) is 0 Å². The number of amides is 1. The highest BCUT2D eigenvalue weighted by Crippen LogP contribution is 2.26. The van der Waals surface area contributed by atoms with Crippen molar-refractivity contribution in [1.29, 1.82) is 0 Å². The van der Waals surface area contributed by atoms with Gasteiger partial charge in [0.05, 0.1) is 23.0 Å². The molecule has 130 valence electrons. The fourth-order valence-corrected chi connectivity index (χ4v) is 2.79. The Balaban J connectivity index is 2.11. The van der Waals surface area contributed by atoms with Crippen molar-refractivity contribution in [2.75, 3.05) is 32.1 Å². The summed E-state index contributed by atoms with van der Waals surface area (Å²) >= 11 is 0. The first-order valence-corrected chi connectivity index (χ1v) is 7.90. The van der Waals surface area contributed by atoms with Crippen molar-refractivity contribution in [3.05, 3.63) is 33.9 Å². The number of likely N-dealkylation sites (tertiary alicyclic amines) is 1. The standard InChI is InChI=1S/C16H21N3O5/c1-3-24-16(21)11-6-8-18(9-7-11)15(20)13-10-12(19(22)23)4-5-14(13)17-2/h4-5,10-11,17H,3,6-9H2,1-2H3. The van der Waals surface area contributed by atoms with Crippen LogP contribution in [0.3, 0.4) is 0 Å². The topological polar surface area (TPSA) is 102 Å². The van der Waals surface area contributed by atoms with Gasteiger partial charge in [0.25, 0.3) is 11.6 Å². The van der Waals surface area contributed by atoms with E-state index in [9.17, 15) is 19.7 Å². The summed E-state index contributed by atoms with van der Waals surface area (Å²) in [5.74, 6) is -0.691. The van der Waals surface area contributed by atoms with Crippen molar-refractivity contribution in [2.45, 2.75) is 19.8 Å². The molecule has 1 aliphatic heterocycles. The Morgan fingerprint density at radius 3 is 2.58 bits per heavy atom. The van der Waals surface area contributed by atoms with E-state index in [1.807, 2.05) is 0 Å². The van der Waals surface area contributed by atoms with E-state index in [-0.39, 0.29) is 29.0 Å². The van der Waals surface area contributed by atoms with E-state index in [1.54, 1.807) is 18.9 Å². The van der Waals surface area contributed by atoms with Crippen LogP contribution in [-0.4, -0.2) is 48.4 Å². The number of ether oxygens (including phenoxy) is 1. The molecule has 1 saturated heterocycles. The highest BCUT2D eigenvalue weighted by atomic mass is 16.6. The molecule has 24 heavy (non-hydrogen) atoms. The van der Waals surface area contributed by atoms with Crippen LogP contribution < -0.4 is 5.32 Å². The molecule has 0 radical (unpaired) electrons. The summed E-state index contributed by atoms with van der Waals surface area (Å²) in [5, 5.41) is 13.8. The molecule has 1 N–H and O–H groups in total. The van der Waals surface area contributed by atoms with Crippen molar-refractivity contribution in [3.63, 3.8) is 0 Å². The molecule has 0 bridgehead atoms. The summed E-state index contributed by atoms with van der Waals surface area (Å²) in [6.07, 6.45) is 1.07. The maximum atomic E-state index is 12.7. The van der Waals surface area contributed by atoms with Crippen molar-refractivity contribution >= 4 is 23.3 Å². The van der Waals surface area contributed by atoms with Gasteiger partial charge in [0.1, 0.15) is 0 Å². The zero-order chi connectivity index (χ0) is 17.7. The van der Waals surface area contributed by atoms with Crippen LogP contribution in [0, 0.1) is 16.0 Å². The number of nitro benzene ring substituents is 1. The molecule has 0 atom stereocenters. The average Bonchev–Trinajstić information content (AvgIpc) is 2.60. The summed E-state index contributed by atoms with van der Waals surface area (Å²) in [4.78, 5) is 36.5. The molecular formula is C16H21N3O5. The van der Waals surface area contributed by atoms with Crippen LogP contribution in [0.1, 0.15) is 30.1 Å². The van der Waals surface area contributed by atoms with E-state index in [0.717, 1.165) is 0 Å². The molecule has 2 rings (SSSR count). The first-order valence-electron chi connectivity index (χ1n) is 7.90. The third kappa shape index (κ3) is 3.81. The Morgan fingerprint density at radius 2 is 2.04 bits per heavy atom. The third-order valence-corrected chi connectivity index (χ3v) is 4.12. The Labute approximate surface area is 139 Å². The number of nitro groups is 1. The van der Waals surface area contributed by atoms with Gasteiger partial charge in [-0.2, -0.15) is 0 Å². The number of non-ortho nitro benzene ring substituents is 1. The first kappa shape index (κ1) is 17.7. The van der Waals surface area contributed by atoms with Gasteiger partial charge in [-0.15, -0.1) is 0 Å². The van der Waals surface area contributed by atoms with E-state index >= 15 is 0 Å². The molecule has 1 heterocycles. The highest BCUT2D eigenvalue weighted by molar-refractivity contribution is 6.00. The summed E-state index contributed by atoms with van der Waals surface area (Å²) in [5.41, 5.74) is 0.679. The Hall–Kier alpha value is -2.64. The maximum absolute atomic E-state index is 12.7. The van der Waals surface area contributed by atoms with E-state index in [2.05, 4.69) is 5.32 Å². The fourth-order valence-electron chi connectivity index (χ4n) is 2.79. The summed E-state index contributed by atoms with van der Waals surface area (Å²) < 4.78 is 5.01. The van der Waals surface area contributed by atoms with Gasteiger partial charge in [0.15, 0.2) is 0 Å². The zero-order valence-corrected chi connectivity index (χ0v) is 13.8. The van der Waals surface area contributed by atoms with E-state index in [1.165, 1.54) is 18.2 Å². The quantitative estimate of drug-likeness (QED) is 0.502. The van der Waals surface area contributed by atoms with Gasteiger partial charge >= 0.3 is 5.97 Å². The minimum atomic E-state index is -0.525. The minimum Gasteiger partial charge on any atom is -0.466 e. The lowest BCUT2D eigenvalue weighted by Crippen LogP contribution is -2.40.